The van der Waals surface area contributed by atoms with Gasteiger partial charge in [-0.3, -0.25) is 9.69 Å². The van der Waals surface area contributed by atoms with Crippen LogP contribution in [-0.2, 0) is 29.0 Å². The summed E-state index contributed by atoms with van der Waals surface area (Å²) in [7, 11) is 0. The van der Waals surface area contributed by atoms with Gasteiger partial charge in [0, 0.05) is 0 Å². The van der Waals surface area contributed by atoms with Crippen LogP contribution in [0.15, 0.2) is 91.0 Å². The largest absolute Gasteiger partial charge is 0.445 e. The molecule has 3 aromatic rings. The van der Waals surface area contributed by atoms with E-state index in [0.717, 1.165) is 43.5 Å². The molecule has 1 aliphatic heterocycles. The zero-order valence-electron chi connectivity index (χ0n) is 20.1. The number of ether oxygens (including phenoxy) is 1. The molecule has 0 spiro atoms. The molecule has 4 rings (SSSR count). The molecule has 35 heavy (non-hydrogen) atoms. The number of piperidine rings is 1. The lowest BCUT2D eigenvalue weighted by Crippen LogP contribution is -2.48. The first kappa shape index (κ1) is 24.7. The molecule has 182 valence electrons. The molecule has 1 saturated heterocycles. The Hall–Kier alpha value is -3.44. The fraction of sp³-hybridized carbons (Fsp3) is 0.333. The zero-order valence-corrected chi connectivity index (χ0v) is 20.1. The summed E-state index contributed by atoms with van der Waals surface area (Å²) >= 11 is 0. The normalized spacial score (nSPS) is 15.3. The van der Waals surface area contributed by atoms with Crippen molar-refractivity contribution in [3.63, 3.8) is 0 Å². The van der Waals surface area contributed by atoms with Gasteiger partial charge in [-0.15, -0.1) is 0 Å². The van der Waals surface area contributed by atoms with Gasteiger partial charge in [-0.1, -0.05) is 91.0 Å². The smallest absolute Gasteiger partial charge is 0.408 e. The minimum Gasteiger partial charge on any atom is -0.445 e. The molecule has 0 saturated carbocycles. The van der Waals surface area contributed by atoms with Crippen molar-refractivity contribution < 1.29 is 14.3 Å². The van der Waals surface area contributed by atoms with Crippen LogP contribution in [0.25, 0.3) is 0 Å². The van der Waals surface area contributed by atoms with Gasteiger partial charge in [-0.05, 0) is 61.4 Å². The minimum absolute atomic E-state index is 0.0204. The molecule has 1 aliphatic rings. The number of ketones is 1. The van der Waals surface area contributed by atoms with Crippen molar-refractivity contribution in [3.05, 3.63) is 108 Å². The van der Waals surface area contributed by atoms with Crippen LogP contribution < -0.4 is 5.32 Å². The van der Waals surface area contributed by atoms with E-state index in [9.17, 15) is 9.59 Å². The van der Waals surface area contributed by atoms with E-state index in [1.54, 1.807) is 0 Å². The van der Waals surface area contributed by atoms with Crippen LogP contribution in [0.2, 0.25) is 0 Å². The number of carbonyl (C=O) groups excluding carboxylic acids is 2. The molecule has 0 unspecified atom stereocenters. The molecule has 0 aromatic heterocycles. The number of Topliss-reactive ketones (excluding diaryl/α,β-unsaturated/α-hetero) is 1. The Balaban J connectivity index is 1.30. The SMILES string of the molecule is O=C(N[C@@H](Cc1ccccc1)C(=O)CN1CCC(Cc2ccccc2)CC1)OCc1ccccc1. The molecule has 1 N–H and O–H groups in total. The standard InChI is InChI=1S/C30H34N2O3/c33-29(22-32-18-16-26(17-19-32)20-24-10-4-1-5-11-24)28(21-25-12-6-2-7-13-25)31-30(34)35-23-27-14-8-3-9-15-27/h1-15,26,28H,16-23H2,(H,31,34)/t28-/m0/s1. The van der Waals surface area contributed by atoms with Crippen molar-refractivity contribution in [3.8, 4) is 0 Å². The average molecular weight is 471 g/mol. The van der Waals surface area contributed by atoms with E-state index >= 15 is 0 Å². The van der Waals surface area contributed by atoms with Crippen molar-refractivity contribution in [1.82, 2.24) is 10.2 Å². The monoisotopic (exact) mass is 470 g/mol. The number of rotatable bonds is 10. The van der Waals surface area contributed by atoms with Crippen LogP contribution in [0, 0.1) is 5.92 Å². The molecule has 0 radical (unpaired) electrons. The van der Waals surface area contributed by atoms with Crippen molar-refractivity contribution in [2.45, 2.75) is 38.3 Å². The second-order valence-electron chi connectivity index (χ2n) is 9.32. The van der Waals surface area contributed by atoms with E-state index < -0.39 is 12.1 Å². The van der Waals surface area contributed by atoms with Crippen LogP contribution in [-0.4, -0.2) is 42.5 Å². The lowest BCUT2D eigenvalue weighted by atomic mass is 9.90. The van der Waals surface area contributed by atoms with Crippen molar-refractivity contribution >= 4 is 11.9 Å². The first-order valence-electron chi connectivity index (χ1n) is 12.5. The molecule has 1 heterocycles. The minimum atomic E-state index is -0.622. The number of hydrogen-bond acceptors (Lipinski definition) is 4. The summed E-state index contributed by atoms with van der Waals surface area (Å²) in [5.74, 6) is 0.669. The lowest BCUT2D eigenvalue weighted by Gasteiger charge is -2.32. The Kier molecular flexibility index (Phi) is 9.07. The quantitative estimate of drug-likeness (QED) is 0.451. The summed E-state index contributed by atoms with van der Waals surface area (Å²) < 4.78 is 5.39. The molecule has 5 heteroatoms. The summed E-state index contributed by atoms with van der Waals surface area (Å²) in [5, 5.41) is 2.83. The van der Waals surface area contributed by atoms with E-state index in [2.05, 4.69) is 40.5 Å². The third-order valence-electron chi connectivity index (χ3n) is 6.63. The summed E-state index contributed by atoms with van der Waals surface area (Å²) in [6.45, 7) is 2.32. The molecule has 1 fully saturated rings. The first-order valence-corrected chi connectivity index (χ1v) is 12.5. The van der Waals surface area contributed by atoms with E-state index in [1.165, 1.54) is 5.56 Å². The van der Waals surface area contributed by atoms with E-state index in [-0.39, 0.29) is 12.4 Å². The predicted molar refractivity (Wildman–Crippen MR) is 138 cm³/mol. The first-order chi connectivity index (χ1) is 17.2. The number of benzene rings is 3. The maximum atomic E-state index is 13.3. The number of hydrogen-bond donors (Lipinski definition) is 1. The number of likely N-dealkylation sites (tertiary alicyclic amines) is 1. The van der Waals surface area contributed by atoms with Gasteiger partial charge >= 0.3 is 6.09 Å². The van der Waals surface area contributed by atoms with Gasteiger partial charge < -0.3 is 10.1 Å². The third kappa shape index (κ3) is 8.08. The lowest BCUT2D eigenvalue weighted by molar-refractivity contribution is -0.122. The van der Waals surface area contributed by atoms with Gasteiger partial charge in [0.2, 0.25) is 0 Å². The summed E-state index contributed by atoms with van der Waals surface area (Å²) in [6.07, 6.45) is 3.14. The maximum Gasteiger partial charge on any atom is 0.408 e. The van der Waals surface area contributed by atoms with Crippen molar-refractivity contribution in [2.24, 2.45) is 5.92 Å². The Bertz CT molecular complexity index is 1050. The van der Waals surface area contributed by atoms with E-state index in [0.29, 0.717) is 18.9 Å². The predicted octanol–water partition coefficient (Wildman–Crippen LogP) is 5.05. The molecule has 3 aromatic carbocycles. The average Bonchev–Trinajstić information content (AvgIpc) is 2.90. The van der Waals surface area contributed by atoms with Gasteiger partial charge in [-0.2, -0.15) is 0 Å². The van der Waals surface area contributed by atoms with Crippen LogP contribution in [0.4, 0.5) is 4.79 Å². The highest BCUT2D eigenvalue weighted by Gasteiger charge is 2.26. The maximum absolute atomic E-state index is 13.3. The van der Waals surface area contributed by atoms with Crippen molar-refractivity contribution in [2.75, 3.05) is 19.6 Å². The molecule has 0 bridgehead atoms. The van der Waals surface area contributed by atoms with Gasteiger partial charge in [0.1, 0.15) is 6.61 Å². The second kappa shape index (κ2) is 12.9. The Morgan fingerprint density at radius 3 is 1.94 bits per heavy atom. The van der Waals surface area contributed by atoms with Gasteiger partial charge in [0.25, 0.3) is 0 Å². The Morgan fingerprint density at radius 2 is 1.34 bits per heavy atom. The highest BCUT2D eigenvalue weighted by Crippen LogP contribution is 2.21. The molecule has 0 aliphatic carbocycles. The molecule has 1 amide bonds. The van der Waals surface area contributed by atoms with Crippen LogP contribution in [0.1, 0.15) is 29.5 Å². The van der Waals surface area contributed by atoms with E-state index in [4.69, 9.17) is 4.74 Å². The zero-order chi connectivity index (χ0) is 24.3. The number of nitrogens with one attached hydrogen (secondary N) is 1. The molecular formula is C30H34N2O3. The van der Waals surface area contributed by atoms with Gasteiger partial charge in [0.05, 0.1) is 12.6 Å². The summed E-state index contributed by atoms with van der Waals surface area (Å²) in [4.78, 5) is 28.0. The second-order valence-corrected chi connectivity index (χ2v) is 9.32. The summed E-state index contributed by atoms with van der Waals surface area (Å²) in [6, 6.07) is 29.3. The van der Waals surface area contributed by atoms with Gasteiger partial charge in [0.15, 0.2) is 5.78 Å². The van der Waals surface area contributed by atoms with Crippen LogP contribution in [0.5, 0.6) is 0 Å². The molecule has 1 atom stereocenters. The summed E-state index contributed by atoms with van der Waals surface area (Å²) in [5.41, 5.74) is 3.30. The van der Waals surface area contributed by atoms with E-state index in [1.807, 2.05) is 60.7 Å². The fourth-order valence-electron chi connectivity index (χ4n) is 4.63. The Morgan fingerprint density at radius 1 is 0.800 bits per heavy atom. The van der Waals surface area contributed by atoms with Gasteiger partial charge in [-0.25, -0.2) is 4.79 Å². The highest BCUT2D eigenvalue weighted by molar-refractivity contribution is 5.89. The number of alkyl carbamates (subject to hydrolysis) is 1. The van der Waals surface area contributed by atoms with Crippen molar-refractivity contribution in [1.29, 1.82) is 0 Å². The fourth-order valence-corrected chi connectivity index (χ4v) is 4.63. The molecule has 5 nitrogen and oxygen atoms in total. The number of carbonyl (C=O) groups is 2. The van der Waals surface area contributed by atoms with Crippen LogP contribution >= 0.6 is 0 Å². The topological polar surface area (TPSA) is 58.6 Å². The molecular weight excluding hydrogens is 436 g/mol. The number of amides is 1. The Labute approximate surface area is 208 Å². The number of nitrogens with zero attached hydrogens (tertiary/aromatic N) is 1. The van der Waals surface area contributed by atoms with Crippen LogP contribution in [0.3, 0.4) is 0 Å². The third-order valence-corrected chi connectivity index (χ3v) is 6.63. The highest BCUT2D eigenvalue weighted by atomic mass is 16.5.